The Morgan fingerprint density at radius 2 is 1.02 bits per heavy atom. The number of aliphatic hydroxyl groups excluding tert-OH is 2. The molecule has 3 aliphatic rings. The van der Waals surface area contributed by atoms with Crippen LogP contribution in [-0.2, 0) is 114 Å². The monoisotopic (exact) mass is 1880 g/mol. The van der Waals surface area contributed by atoms with Gasteiger partial charge < -0.3 is 109 Å². The maximum atomic E-state index is 15.7. The molecule has 41 heteroatoms. The van der Waals surface area contributed by atoms with Gasteiger partial charge in [0.25, 0.3) is 0 Å². The van der Waals surface area contributed by atoms with Crippen molar-refractivity contribution in [2.75, 3.05) is 52.3 Å². The molecule has 3 saturated heterocycles. The van der Waals surface area contributed by atoms with Crippen molar-refractivity contribution in [2.24, 2.45) is 17.6 Å². The Balaban J connectivity index is 1.14. The van der Waals surface area contributed by atoms with Gasteiger partial charge in [-0.3, -0.25) is 81.5 Å². The minimum atomic E-state index is -2.06. The van der Waals surface area contributed by atoms with Crippen LogP contribution in [-0.4, -0.2) is 299 Å². The van der Waals surface area contributed by atoms with Crippen molar-refractivity contribution >= 4 is 123 Å². The van der Waals surface area contributed by atoms with Gasteiger partial charge in [-0.1, -0.05) is 145 Å². The first-order valence-corrected chi connectivity index (χ1v) is 45.4. The van der Waals surface area contributed by atoms with Crippen LogP contribution in [0.3, 0.4) is 0 Å². The molecular formula is C93H118F2N16O22S. The lowest BCUT2D eigenvalue weighted by molar-refractivity contribution is -0.152. The highest BCUT2D eigenvalue weighted by Crippen LogP contribution is 2.29. The summed E-state index contributed by atoms with van der Waals surface area (Å²) < 4.78 is 29.8. The van der Waals surface area contributed by atoms with E-state index < -0.39 is 284 Å². The van der Waals surface area contributed by atoms with Crippen molar-refractivity contribution in [2.45, 2.75) is 215 Å². The predicted octanol–water partition coefficient (Wildman–Crippen LogP) is 0.528. The lowest BCUT2D eigenvalue weighted by atomic mass is 9.98. The zero-order valence-electron chi connectivity index (χ0n) is 75.6. The van der Waals surface area contributed by atoms with Gasteiger partial charge in [0.1, 0.15) is 84.3 Å². The number of rotatable bonds is 24. The highest BCUT2D eigenvalue weighted by Gasteiger charge is 2.48. The predicted molar refractivity (Wildman–Crippen MR) is 484 cm³/mol. The van der Waals surface area contributed by atoms with E-state index in [1.54, 1.807) is 112 Å². The van der Waals surface area contributed by atoms with Gasteiger partial charge in [-0.2, -0.15) is 0 Å². The summed E-state index contributed by atoms with van der Waals surface area (Å²) in [6.45, 7) is 6.21. The number of carbonyl (C=O) groups excluding carboxylic acids is 15. The average molecular weight is 1880 g/mol. The Labute approximate surface area is 776 Å². The number of H-pyrrole nitrogens is 1. The minimum Gasteiger partial charge on any atom is -0.508 e. The number of nitrogens with zero attached hydrogens (tertiary/aromatic N) is 5. The molecule has 4 heterocycles. The molecule has 0 unspecified atom stereocenters. The number of phenolic OH excluding ortho intramolecular Hbond substituents is 1. The number of phenols is 1. The molecule has 38 nitrogen and oxygen atoms in total. The number of aliphatic hydroxyl groups is 2. The Hall–Kier alpha value is -13.4. The number of aromatic amines is 1. The second kappa shape index (κ2) is 48.8. The van der Waals surface area contributed by atoms with Crippen LogP contribution in [0.15, 0.2) is 134 Å². The number of para-hydroxylation sites is 1. The van der Waals surface area contributed by atoms with Gasteiger partial charge in [-0.25, -0.2) is 8.78 Å². The first-order chi connectivity index (χ1) is 63.6. The van der Waals surface area contributed by atoms with Crippen molar-refractivity contribution in [1.29, 1.82) is 0 Å². The summed E-state index contributed by atoms with van der Waals surface area (Å²) in [6, 6.07) is 9.13. The van der Waals surface area contributed by atoms with Crippen LogP contribution in [0.5, 0.6) is 5.75 Å². The number of unbranched alkanes of at least 4 members (excludes halogenated alkanes) is 1. The number of hydrogen-bond donors (Lipinski definition) is 16. The molecule has 134 heavy (non-hydrogen) atoms. The lowest BCUT2D eigenvalue weighted by Crippen LogP contribution is -2.62. The van der Waals surface area contributed by atoms with Gasteiger partial charge >= 0.3 is 11.9 Å². The van der Waals surface area contributed by atoms with Gasteiger partial charge in [0.15, 0.2) is 11.6 Å². The van der Waals surface area contributed by atoms with Gasteiger partial charge in [-0.15, -0.1) is 11.8 Å². The summed E-state index contributed by atoms with van der Waals surface area (Å²) in [5.41, 5.74) is 7.63. The molecule has 5 aromatic carbocycles. The Bertz CT molecular complexity index is 5230. The fourth-order valence-corrected chi connectivity index (χ4v) is 17.3. The zero-order valence-corrected chi connectivity index (χ0v) is 76.4. The van der Waals surface area contributed by atoms with Gasteiger partial charge in [0.05, 0.1) is 30.9 Å². The van der Waals surface area contributed by atoms with Crippen LogP contribution in [0.2, 0.25) is 0 Å². The number of benzene rings is 5. The molecule has 1 aromatic heterocycles. The zero-order chi connectivity index (χ0) is 98.1. The van der Waals surface area contributed by atoms with Crippen molar-refractivity contribution in [3.8, 4) is 5.75 Å². The first-order valence-electron chi connectivity index (χ1n) is 44.2. The van der Waals surface area contributed by atoms with Crippen molar-refractivity contribution < 1.29 is 116 Å². The summed E-state index contributed by atoms with van der Waals surface area (Å²) in [5, 5.41) is 77.6. The van der Waals surface area contributed by atoms with Crippen LogP contribution >= 0.6 is 11.8 Å². The van der Waals surface area contributed by atoms with E-state index in [-0.39, 0.29) is 56.3 Å². The highest BCUT2D eigenvalue weighted by molar-refractivity contribution is 8.00. The number of thioether (sulfide) groups is 1. The smallest absolute Gasteiger partial charge is 0.305 e. The van der Waals surface area contributed by atoms with Crippen molar-refractivity contribution in [3.63, 3.8) is 0 Å². The molecule has 3 aliphatic heterocycles. The first kappa shape index (κ1) is 104. The lowest BCUT2D eigenvalue weighted by Gasteiger charge is -2.38. The number of amides is 15. The second-order valence-electron chi connectivity index (χ2n) is 34.7. The number of carbonyl (C=O) groups is 17. The number of carboxylic acid groups (broad SMARTS) is 2. The topological polar surface area (TPSA) is 558 Å². The van der Waals surface area contributed by atoms with Crippen LogP contribution in [0.1, 0.15) is 120 Å². The maximum Gasteiger partial charge on any atom is 0.305 e. The third kappa shape index (κ3) is 29.0. The van der Waals surface area contributed by atoms with E-state index >= 15 is 52.3 Å². The Morgan fingerprint density at radius 1 is 0.507 bits per heavy atom. The van der Waals surface area contributed by atoms with Crippen LogP contribution in [0.4, 0.5) is 8.78 Å². The van der Waals surface area contributed by atoms with E-state index in [1.165, 1.54) is 59.3 Å². The number of primary amides is 1. The largest absolute Gasteiger partial charge is 0.508 e. The Kier molecular flexibility index (Phi) is 38.0. The molecule has 3 fully saturated rings. The van der Waals surface area contributed by atoms with Crippen LogP contribution in [0.25, 0.3) is 10.9 Å². The maximum absolute atomic E-state index is 15.7. The molecule has 722 valence electrons. The number of carboxylic acids is 2. The van der Waals surface area contributed by atoms with Gasteiger partial charge in [0.2, 0.25) is 88.6 Å². The fourth-order valence-electron chi connectivity index (χ4n) is 16.4. The number of likely N-dealkylation sites (N-methyl/N-ethyl adjacent to an activating group) is 3. The number of nitrogens with one attached hydrogen (secondary N) is 10. The number of aliphatic carboxylic acids is 2. The molecule has 0 spiro atoms. The Morgan fingerprint density at radius 3 is 1.60 bits per heavy atom. The van der Waals surface area contributed by atoms with Gasteiger partial charge in [0, 0.05) is 108 Å². The van der Waals surface area contributed by atoms with Gasteiger partial charge in [-0.05, 0) is 89.2 Å². The summed E-state index contributed by atoms with van der Waals surface area (Å²) in [6.07, 6.45) is -6.58. The van der Waals surface area contributed by atoms with E-state index in [0.29, 0.717) is 51.3 Å². The highest BCUT2D eigenvalue weighted by atomic mass is 32.2. The number of fused-ring (bicyclic) bond motifs is 3. The van der Waals surface area contributed by atoms with Crippen molar-refractivity contribution in [3.05, 3.63) is 173 Å². The summed E-state index contributed by atoms with van der Waals surface area (Å²) in [4.78, 5) is 258. The fraction of sp³-hybridized carbons (Fsp3) is 0.473. The third-order valence-electron chi connectivity index (χ3n) is 23.7. The molecule has 15 atom stereocenters. The number of aromatic hydroxyl groups is 1. The van der Waals surface area contributed by atoms with E-state index in [0.717, 1.165) is 42.7 Å². The number of aromatic nitrogens is 1. The van der Waals surface area contributed by atoms with E-state index in [1.807, 2.05) is 0 Å². The number of halogens is 2. The molecule has 0 bridgehead atoms. The third-order valence-corrected chi connectivity index (χ3v) is 24.7. The molecule has 0 radical (unpaired) electrons. The molecule has 9 rings (SSSR count). The van der Waals surface area contributed by atoms with E-state index in [9.17, 15) is 63.5 Å². The average Bonchev–Trinajstić information content (AvgIpc) is 1.56. The van der Waals surface area contributed by atoms with E-state index in [2.05, 4.69) is 52.8 Å². The molecule has 0 saturated carbocycles. The van der Waals surface area contributed by atoms with Crippen LogP contribution in [0, 0.1) is 23.5 Å². The van der Waals surface area contributed by atoms with Crippen LogP contribution < -0.4 is 53.6 Å². The summed E-state index contributed by atoms with van der Waals surface area (Å²) in [7, 11) is 3.66. The van der Waals surface area contributed by atoms with E-state index in [4.69, 9.17) is 5.73 Å². The second-order valence-corrected chi connectivity index (χ2v) is 35.7. The molecule has 17 N–H and O–H groups in total. The molecule has 0 aliphatic carbocycles. The normalized spacial score (nSPS) is 24.6. The van der Waals surface area contributed by atoms with Crippen molar-refractivity contribution in [1.82, 2.24) is 77.3 Å². The standard InChI is InChI=1S/C93H118F2N16O22S/c1-9-10-25-71-92(132)111-47-59(114)42-74(111)88(128)104-68(43-79(119)120)85(125)106-80(51(4)5)93(133)108(7)72(38-52-19-13-11-14-20-52)86(126)100-64(32-33-78(117)118)90(130)110-46-58(113)41-73(110)87(127)103-67(40-56-44-97-63-24-18-17-23-60(56)63)84(124)102-66(36-54-26-29-57(112)30-27-54)83(123)101-65(34-50(2)3)82(122)105-70(81(121)98-45-76(96)115)48-134-49-77(116)99-69(37-55-28-31-61(94)62(95)35-55)89(129)109(8)75(91(131)107(71)6)39-53-21-15-12-16-22-53/h11-24,26-31,35,44,50-51,58-59,64-75,80,97,112-114H,9-10,25,32-34,36-43,45-49H2,1-8H3,(H2,96,115)(H,98,121)(H,99,116)(H,100,126)(H,101,123)(H,102,124)(H,103,127)(H,104,128)(H,105,122)(H,106,125)(H,117,118)(H,119,120)/t58-,59-,64-,65-,66-,67-,68-,69-,70-,71-,72-,73+,74+,75-,80-/m0/s1. The summed E-state index contributed by atoms with van der Waals surface area (Å²) in [5.74, 6) is -24.1. The number of nitrogens with two attached hydrogens (primary N) is 1. The molecule has 15 amide bonds. The summed E-state index contributed by atoms with van der Waals surface area (Å²) >= 11 is 0.697. The minimum absolute atomic E-state index is 0.0347. The molecule has 6 aromatic rings. The quantitative estimate of drug-likeness (QED) is 0.0393. The SMILES string of the molecule is CCCC[C@H]1C(=O)N2C[C@@H](O)C[C@@H]2C(=O)N[C@@H](CC(=O)O)C(=O)N[C@@H](C(C)C)C(=O)N(C)[C@@H](Cc2ccccc2)C(=O)N[C@@H](CCC(=O)O)C(=O)N2C[C@@H](O)C[C@@H]2C(=O)N[C@@H](Cc2c[nH]c3ccccc23)C(=O)N[C@@H](Cc2ccc(O)cc2)C(=O)N[C@@H](CC(C)C)C(=O)N[C@H](C(=O)NCC(N)=O)CSCC(=O)N[C@@H](Cc2ccc(F)c(F)c2)C(=O)N(C)[C@@H](Cc2ccccc2)C(=O)N1C. The number of hydrogen-bond acceptors (Lipinski definition) is 21. The molecular weight excluding hydrogens is 1760 g/mol.